The Morgan fingerprint density at radius 3 is 2.69 bits per heavy atom. The van der Waals surface area contributed by atoms with E-state index in [2.05, 4.69) is 16.8 Å². The Labute approximate surface area is 174 Å². The van der Waals surface area contributed by atoms with Crippen molar-refractivity contribution in [2.45, 2.75) is 26.4 Å². The molecule has 0 bridgehead atoms. The van der Waals surface area contributed by atoms with Gasteiger partial charge in [-0.1, -0.05) is 29.5 Å². The zero-order valence-corrected chi connectivity index (χ0v) is 17.2. The van der Waals surface area contributed by atoms with Gasteiger partial charge in [0.25, 0.3) is 0 Å². The molecule has 0 atom stereocenters. The molecule has 2 aromatic carbocycles. The fraction of sp³-hybridized carbons (Fsp3) is 0.227. The summed E-state index contributed by atoms with van der Waals surface area (Å²) in [5.41, 5.74) is 1.15. The van der Waals surface area contributed by atoms with Gasteiger partial charge in [-0.05, 0) is 57.2 Å². The second-order valence-corrected chi connectivity index (χ2v) is 7.46. The fourth-order valence-electron chi connectivity index (χ4n) is 2.99. The van der Waals surface area contributed by atoms with Gasteiger partial charge in [0.1, 0.15) is 11.4 Å². The van der Waals surface area contributed by atoms with Crippen molar-refractivity contribution in [3.63, 3.8) is 0 Å². The topological polar surface area (TPSA) is 89.0 Å². The molecule has 0 fully saturated rings. The first-order chi connectivity index (χ1) is 13.7. The van der Waals surface area contributed by atoms with E-state index >= 15 is 0 Å². The molecule has 29 heavy (non-hydrogen) atoms. The maximum atomic E-state index is 9.86. The molecular formula is C22H22ClN5O. The van der Waals surface area contributed by atoms with E-state index in [-0.39, 0.29) is 5.62 Å². The molecular weight excluding hydrogens is 386 g/mol. The van der Waals surface area contributed by atoms with Crippen LogP contribution < -0.4 is 10.5 Å². The molecule has 0 aliphatic carbocycles. The summed E-state index contributed by atoms with van der Waals surface area (Å²) in [6, 6.07) is 13.0. The number of aliphatic hydroxyl groups is 1. The number of anilines is 2. The number of rotatable bonds is 4. The number of hydrogen-bond donors (Lipinski definition) is 3. The Bertz CT molecular complexity index is 1200. The van der Waals surface area contributed by atoms with Crippen molar-refractivity contribution in [2.75, 3.05) is 11.4 Å². The van der Waals surface area contributed by atoms with Crippen LogP contribution in [0.4, 0.5) is 11.5 Å². The molecule has 1 heterocycles. The number of aromatic nitrogens is 2. The van der Waals surface area contributed by atoms with E-state index in [1.165, 1.54) is 4.57 Å². The van der Waals surface area contributed by atoms with Gasteiger partial charge in [0.05, 0.1) is 11.9 Å². The first kappa shape index (κ1) is 20.6. The fourth-order valence-corrected chi connectivity index (χ4v) is 3.16. The van der Waals surface area contributed by atoms with Gasteiger partial charge >= 0.3 is 0 Å². The lowest BCUT2D eigenvalue weighted by Gasteiger charge is -2.24. The Kier molecular flexibility index (Phi) is 5.73. The van der Waals surface area contributed by atoms with Gasteiger partial charge in [0.2, 0.25) is 5.62 Å². The van der Waals surface area contributed by atoms with E-state index in [4.69, 9.17) is 22.4 Å². The summed E-state index contributed by atoms with van der Waals surface area (Å²) >= 11 is 6.16. The van der Waals surface area contributed by atoms with Crippen molar-refractivity contribution in [3.8, 4) is 11.8 Å². The number of nitrogens with zero attached hydrogens (tertiary/aromatic N) is 3. The summed E-state index contributed by atoms with van der Waals surface area (Å²) in [4.78, 5) is 6.43. The van der Waals surface area contributed by atoms with E-state index in [0.29, 0.717) is 22.9 Å². The quantitative estimate of drug-likeness (QED) is 0.348. The molecule has 0 aliphatic heterocycles. The highest BCUT2D eigenvalue weighted by Crippen LogP contribution is 2.30. The molecule has 0 spiro atoms. The maximum absolute atomic E-state index is 9.86. The monoisotopic (exact) mass is 407 g/mol. The van der Waals surface area contributed by atoms with Crippen LogP contribution in [0.2, 0.25) is 5.02 Å². The standard InChI is InChI=1S/C22H22ClN5O/c1-4-27(17-7-5-6-15(12-17)10-11-22(2,3)29)20-18-9-8-16(23)13-19(18)28(14-24)21(25)26-20/h5-9,12-14,24-25,29H,4H2,1-3H3. The van der Waals surface area contributed by atoms with Gasteiger partial charge in [-0.3, -0.25) is 15.4 Å². The van der Waals surface area contributed by atoms with Gasteiger partial charge in [-0.2, -0.15) is 4.98 Å². The Hall–Kier alpha value is -3.14. The molecule has 1 aromatic heterocycles. The lowest BCUT2D eigenvalue weighted by atomic mass is 10.1. The molecule has 0 saturated carbocycles. The van der Waals surface area contributed by atoms with Gasteiger partial charge in [-0.15, -0.1) is 0 Å². The van der Waals surface area contributed by atoms with Crippen molar-refractivity contribution in [1.82, 2.24) is 9.55 Å². The second-order valence-electron chi connectivity index (χ2n) is 7.02. The van der Waals surface area contributed by atoms with E-state index < -0.39 is 5.60 Å². The van der Waals surface area contributed by atoms with Crippen LogP contribution in [-0.4, -0.2) is 33.1 Å². The van der Waals surface area contributed by atoms with E-state index in [1.54, 1.807) is 26.0 Å². The van der Waals surface area contributed by atoms with Crippen LogP contribution in [-0.2, 0) is 0 Å². The van der Waals surface area contributed by atoms with Gasteiger partial charge < -0.3 is 10.0 Å². The predicted octanol–water partition coefficient (Wildman–Crippen LogP) is 3.90. The number of halogens is 1. The van der Waals surface area contributed by atoms with Crippen molar-refractivity contribution < 1.29 is 5.11 Å². The SMILES string of the molecule is CCN(c1cccc(C#CC(C)(C)O)c1)c1nc(=N)n(C=N)c2cc(Cl)ccc12. The molecule has 148 valence electrons. The number of fused-ring (bicyclic) bond motifs is 1. The van der Waals surface area contributed by atoms with Gasteiger partial charge in [0.15, 0.2) is 0 Å². The summed E-state index contributed by atoms with van der Waals surface area (Å²) < 4.78 is 1.38. The summed E-state index contributed by atoms with van der Waals surface area (Å²) in [7, 11) is 0. The van der Waals surface area contributed by atoms with E-state index in [0.717, 1.165) is 23.0 Å². The highest BCUT2D eigenvalue weighted by atomic mass is 35.5. The van der Waals surface area contributed by atoms with Crippen LogP contribution in [0.25, 0.3) is 10.9 Å². The lowest BCUT2D eigenvalue weighted by Crippen LogP contribution is -2.28. The average molecular weight is 408 g/mol. The van der Waals surface area contributed by atoms with E-state index in [9.17, 15) is 5.11 Å². The summed E-state index contributed by atoms with van der Waals surface area (Å²) in [5, 5.41) is 27.0. The number of benzene rings is 2. The van der Waals surface area contributed by atoms with E-state index in [1.807, 2.05) is 42.2 Å². The zero-order chi connectivity index (χ0) is 21.2. The molecule has 0 radical (unpaired) electrons. The molecule has 0 amide bonds. The molecule has 6 nitrogen and oxygen atoms in total. The first-order valence-electron chi connectivity index (χ1n) is 9.13. The highest BCUT2D eigenvalue weighted by Gasteiger charge is 2.16. The molecule has 0 aliphatic rings. The molecule has 3 N–H and O–H groups in total. The number of nitrogens with one attached hydrogen (secondary N) is 2. The Morgan fingerprint density at radius 2 is 2.03 bits per heavy atom. The number of hydrogen-bond acceptors (Lipinski definition) is 5. The van der Waals surface area contributed by atoms with Crippen molar-refractivity contribution >= 4 is 40.3 Å². The summed E-state index contributed by atoms with van der Waals surface area (Å²) in [5.74, 6) is 6.42. The predicted molar refractivity (Wildman–Crippen MR) is 117 cm³/mol. The third-order valence-electron chi connectivity index (χ3n) is 4.27. The summed E-state index contributed by atoms with van der Waals surface area (Å²) in [6.45, 7) is 5.89. The van der Waals surface area contributed by atoms with Crippen LogP contribution in [0, 0.1) is 22.7 Å². The van der Waals surface area contributed by atoms with Crippen LogP contribution >= 0.6 is 11.6 Å². The maximum Gasteiger partial charge on any atom is 0.229 e. The van der Waals surface area contributed by atoms with Gasteiger partial charge in [0, 0.05) is 28.2 Å². The van der Waals surface area contributed by atoms with Gasteiger partial charge in [-0.25, -0.2) is 0 Å². The molecule has 3 aromatic rings. The second kappa shape index (κ2) is 8.08. The minimum Gasteiger partial charge on any atom is -0.378 e. The minimum atomic E-state index is -1.07. The van der Waals surface area contributed by atoms with Crippen molar-refractivity contribution in [3.05, 3.63) is 58.7 Å². The van der Waals surface area contributed by atoms with Crippen LogP contribution in [0.5, 0.6) is 0 Å². The van der Waals surface area contributed by atoms with Crippen LogP contribution in [0.3, 0.4) is 0 Å². The largest absolute Gasteiger partial charge is 0.378 e. The normalized spacial score (nSPS) is 11.1. The third-order valence-corrected chi connectivity index (χ3v) is 4.51. The third kappa shape index (κ3) is 4.48. The zero-order valence-electron chi connectivity index (χ0n) is 16.5. The smallest absolute Gasteiger partial charge is 0.229 e. The summed E-state index contributed by atoms with van der Waals surface area (Å²) in [6.07, 6.45) is 1.06. The average Bonchev–Trinajstić information content (AvgIpc) is 2.67. The Balaban J connectivity index is 2.19. The van der Waals surface area contributed by atoms with Crippen LogP contribution in [0.1, 0.15) is 26.3 Å². The van der Waals surface area contributed by atoms with Crippen molar-refractivity contribution in [2.24, 2.45) is 0 Å². The molecule has 0 saturated heterocycles. The highest BCUT2D eigenvalue weighted by molar-refractivity contribution is 6.31. The molecule has 0 unspecified atom stereocenters. The first-order valence-corrected chi connectivity index (χ1v) is 9.51. The minimum absolute atomic E-state index is 0.0545. The van der Waals surface area contributed by atoms with Crippen LogP contribution in [0.15, 0.2) is 42.5 Å². The molecule has 7 heteroatoms. The molecule has 3 rings (SSSR count). The lowest BCUT2D eigenvalue weighted by molar-refractivity contribution is 0.143. The Morgan fingerprint density at radius 1 is 1.28 bits per heavy atom. The van der Waals surface area contributed by atoms with Crippen molar-refractivity contribution in [1.29, 1.82) is 10.8 Å².